The first kappa shape index (κ1) is 32.4. The number of alkyl carbamates (subject to hydrolysis) is 1. The number of Topliss-reactive ketones (excluding diaryl/α,β-unsaturated/α-hetero) is 1. The van der Waals surface area contributed by atoms with Crippen molar-refractivity contribution >= 4 is 52.9 Å². The van der Waals surface area contributed by atoms with Crippen LogP contribution in [-0.2, 0) is 35.3 Å². The topological polar surface area (TPSA) is 169 Å². The number of carbonyl (C=O) groups is 5. The predicted molar refractivity (Wildman–Crippen MR) is 150 cm³/mol. The molecule has 3 atom stereocenters. The van der Waals surface area contributed by atoms with Crippen molar-refractivity contribution in [1.29, 1.82) is 0 Å². The molecule has 224 valence electrons. The van der Waals surface area contributed by atoms with E-state index in [1.54, 1.807) is 0 Å². The van der Waals surface area contributed by atoms with Gasteiger partial charge in [0.25, 0.3) is 5.91 Å². The number of rotatable bonds is 13. The molecule has 14 heteroatoms. The number of carboxylic acid groups (broad SMARTS) is 1. The molecule has 12 nitrogen and oxygen atoms in total. The average molecular weight is 622 g/mol. The van der Waals surface area contributed by atoms with Crippen LogP contribution in [0, 0.1) is 5.92 Å². The van der Waals surface area contributed by atoms with Crippen LogP contribution in [0.5, 0.6) is 0 Å². The summed E-state index contributed by atoms with van der Waals surface area (Å²) in [6.45, 7) is 2.87. The Morgan fingerprint density at radius 1 is 0.976 bits per heavy atom. The van der Waals surface area contributed by atoms with Crippen molar-refractivity contribution in [2.75, 3.05) is 6.61 Å². The van der Waals surface area contributed by atoms with Gasteiger partial charge in [-0.25, -0.2) is 9.59 Å². The summed E-state index contributed by atoms with van der Waals surface area (Å²) in [6.07, 6.45) is -1.35. The van der Waals surface area contributed by atoms with Crippen molar-refractivity contribution in [3.8, 4) is 0 Å². The number of amides is 2. The maximum atomic E-state index is 12.9. The number of nitrogens with one attached hydrogen (secondary N) is 3. The fraction of sp³-hybridized carbons (Fsp3) is 0.321. The molecule has 42 heavy (non-hydrogen) atoms. The number of ketones is 1. The van der Waals surface area contributed by atoms with Gasteiger partial charge in [-0.05, 0) is 29.7 Å². The monoisotopic (exact) mass is 621 g/mol. The summed E-state index contributed by atoms with van der Waals surface area (Å²) in [5, 5.41) is 14.3. The van der Waals surface area contributed by atoms with Gasteiger partial charge >= 0.3 is 18.0 Å². The number of carboxylic acids is 1. The van der Waals surface area contributed by atoms with Crippen molar-refractivity contribution in [2.45, 2.75) is 45.1 Å². The highest BCUT2D eigenvalue weighted by molar-refractivity contribution is 6.39. The average Bonchev–Trinajstić information content (AvgIpc) is 3.43. The fourth-order valence-corrected chi connectivity index (χ4v) is 4.38. The third-order valence-corrected chi connectivity index (χ3v) is 6.61. The molecular formula is C28H29Cl2N3O9. The van der Waals surface area contributed by atoms with Gasteiger partial charge in [0.15, 0.2) is 18.5 Å². The van der Waals surface area contributed by atoms with Crippen LogP contribution in [0.3, 0.4) is 0 Å². The molecule has 0 saturated heterocycles. The Balaban J connectivity index is 1.60. The minimum Gasteiger partial charge on any atom is -0.481 e. The molecule has 0 spiro atoms. The Morgan fingerprint density at radius 3 is 2.26 bits per heavy atom. The van der Waals surface area contributed by atoms with Crippen molar-refractivity contribution < 1.29 is 43.4 Å². The number of hydrogen-bond acceptors (Lipinski definition) is 9. The molecule has 3 rings (SSSR count). The Morgan fingerprint density at radius 2 is 1.64 bits per heavy atom. The van der Waals surface area contributed by atoms with E-state index < -0.39 is 60.9 Å². The highest BCUT2D eigenvalue weighted by atomic mass is 35.5. The first-order valence-corrected chi connectivity index (χ1v) is 13.5. The SMILES string of the molecule is CC(C)[C@H](NC(=O)OCc1ccccc1)C1=CC(C(=O)N[C@@H](CC(=O)O)C(=O)COC(=O)c2c(Cl)cccc2Cl)ON1. The zero-order chi connectivity index (χ0) is 30.8. The van der Waals surface area contributed by atoms with E-state index in [4.69, 9.17) is 37.5 Å². The summed E-state index contributed by atoms with van der Waals surface area (Å²) >= 11 is 11.9. The van der Waals surface area contributed by atoms with E-state index in [0.29, 0.717) is 5.70 Å². The Hall–Kier alpha value is -4.13. The first-order chi connectivity index (χ1) is 20.0. The van der Waals surface area contributed by atoms with Crippen LogP contribution in [0.4, 0.5) is 4.79 Å². The Kier molecular flexibility index (Phi) is 11.7. The van der Waals surface area contributed by atoms with E-state index in [-0.39, 0.29) is 28.1 Å². The minimum atomic E-state index is -1.54. The molecule has 1 aliphatic heterocycles. The molecule has 1 heterocycles. The molecular weight excluding hydrogens is 593 g/mol. The summed E-state index contributed by atoms with van der Waals surface area (Å²) in [6, 6.07) is 11.3. The van der Waals surface area contributed by atoms with Gasteiger partial charge in [-0.15, -0.1) is 0 Å². The van der Waals surface area contributed by atoms with E-state index in [9.17, 15) is 29.1 Å². The summed E-state index contributed by atoms with van der Waals surface area (Å²) in [7, 11) is 0. The molecule has 2 aromatic carbocycles. The van der Waals surface area contributed by atoms with Crippen LogP contribution in [0.1, 0.15) is 36.2 Å². The lowest BCUT2D eigenvalue weighted by Gasteiger charge is -2.23. The van der Waals surface area contributed by atoms with Gasteiger partial charge < -0.3 is 25.2 Å². The van der Waals surface area contributed by atoms with Crippen LogP contribution in [-0.4, -0.2) is 59.6 Å². The normalized spacial score (nSPS) is 15.5. The molecule has 0 radical (unpaired) electrons. The van der Waals surface area contributed by atoms with Crippen LogP contribution < -0.4 is 16.1 Å². The van der Waals surface area contributed by atoms with Crippen molar-refractivity contribution in [3.63, 3.8) is 0 Å². The van der Waals surface area contributed by atoms with Crippen LogP contribution in [0.25, 0.3) is 0 Å². The smallest absolute Gasteiger partial charge is 0.408 e. The molecule has 1 aliphatic rings. The maximum absolute atomic E-state index is 12.9. The second-order valence-corrected chi connectivity index (χ2v) is 10.3. The minimum absolute atomic E-state index is 0.00228. The number of ether oxygens (including phenoxy) is 2. The van der Waals surface area contributed by atoms with Crippen LogP contribution in [0.2, 0.25) is 10.0 Å². The van der Waals surface area contributed by atoms with E-state index in [1.807, 2.05) is 44.2 Å². The molecule has 0 saturated carbocycles. The number of halogens is 2. The van der Waals surface area contributed by atoms with Crippen molar-refractivity contribution in [2.24, 2.45) is 5.92 Å². The van der Waals surface area contributed by atoms with Gasteiger partial charge in [0.2, 0.25) is 0 Å². The summed E-state index contributed by atoms with van der Waals surface area (Å²) in [5.74, 6) is -4.26. The van der Waals surface area contributed by atoms with E-state index in [0.717, 1.165) is 5.56 Å². The lowest BCUT2D eigenvalue weighted by Crippen LogP contribution is -2.47. The molecule has 0 aromatic heterocycles. The Labute approximate surface area is 251 Å². The summed E-state index contributed by atoms with van der Waals surface area (Å²) in [4.78, 5) is 67.1. The third kappa shape index (κ3) is 9.20. The van der Waals surface area contributed by atoms with E-state index in [1.165, 1.54) is 24.3 Å². The second-order valence-electron chi connectivity index (χ2n) is 9.49. The van der Waals surface area contributed by atoms with Gasteiger partial charge in [-0.3, -0.25) is 24.7 Å². The van der Waals surface area contributed by atoms with Gasteiger partial charge in [-0.1, -0.05) is 73.4 Å². The molecule has 2 aromatic rings. The van der Waals surface area contributed by atoms with Gasteiger partial charge in [0.1, 0.15) is 12.6 Å². The van der Waals surface area contributed by atoms with Gasteiger partial charge in [0.05, 0.1) is 33.8 Å². The number of esters is 1. The standard InChI is InChI=1S/C28H29Cl2N3O9/c1-15(2)25(32-28(39)41-13-16-7-4-3-5-8-16)20-11-22(42-33-20)26(37)31-19(12-23(35)36)21(34)14-40-27(38)24-17(29)9-6-10-18(24)30/h3-11,15,19,22,25,33H,12-14H2,1-2H3,(H,31,37)(H,32,39)(H,35,36)/t19-,22?,25-/m0/s1. The second kappa shape index (κ2) is 15.2. The van der Waals surface area contributed by atoms with Crippen molar-refractivity contribution in [1.82, 2.24) is 16.1 Å². The van der Waals surface area contributed by atoms with Crippen molar-refractivity contribution in [3.05, 3.63) is 81.5 Å². The third-order valence-electron chi connectivity index (χ3n) is 5.98. The first-order valence-electron chi connectivity index (χ1n) is 12.7. The Bertz CT molecular complexity index is 1330. The lowest BCUT2D eigenvalue weighted by atomic mass is 10.0. The zero-order valence-electron chi connectivity index (χ0n) is 22.6. The van der Waals surface area contributed by atoms with E-state index in [2.05, 4.69) is 16.1 Å². The lowest BCUT2D eigenvalue weighted by molar-refractivity contribution is -0.142. The molecule has 0 bridgehead atoms. The number of benzene rings is 2. The highest BCUT2D eigenvalue weighted by Gasteiger charge is 2.33. The number of hydroxylamine groups is 1. The number of aliphatic carboxylic acids is 1. The zero-order valence-corrected chi connectivity index (χ0v) is 24.1. The van der Waals surface area contributed by atoms with Crippen LogP contribution >= 0.6 is 23.2 Å². The van der Waals surface area contributed by atoms with Gasteiger partial charge in [-0.2, -0.15) is 0 Å². The quantitative estimate of drug-likeness (QED) is 0.243. The number of carbonyl (C=O) groups excluding carboxylic acids is 4. The molecule has 0 fully saturated rings. The van der Waals surface area contributed by atoms with E-state index >= 15 is 0 Å². The molecule has 2 amide bonds. The maximum Gasteiger partial charge on any atom is 0.408 e. The fourth-order valence-electron chi connectivity index (χ4n) is 3.83. The number of hydrogen-bond donors (Lipinski definition) is 4. The highest BCUT2D eigenvalue weighted by Crippen LogP contribution is 2.25. The summed E-state index contributed by atoms with van der Waals surface area (Å²) in [5.41, 5.74) is 3.60. The molecule has 0 aliphatic carbocycles. The van der Waals surface area contributed by atoms with Crippen LogP contribution in [0.15, 0.2) is 60.3 Å². The molecule has 1 unspecified atom stereocenters. The predicted octanol–water partition coefficient (Wildman–Crippen LogP) is 3.42. The largest absolute Gasteiger partial charge is 0.481 e. The molecule has 4 N–H and O–H groups in total. The van der Waals surface area contributed by atoms with Gasteiger partial charge in [0, 0.05) is 0 Å². The summed E-state index contributed by atoms with van der Waals surface area (Å²) < 4.78 is 10.2.